The Morgan fingerprint density at radius 3 is 2.58 bits per heavy atom. The van der Waals surface area contributed by atoms with Crippen LogP contribution in [0, 0.1) is 0 Å². The molecule has 9 heteroatoms. The van der Waals surface area contributed by atoms with Crippen molar-refractivity contribution in [1.82, 2.24) is 20.0 Å². The van der Waals surface area contributed by atoms with Gasteiger partial charge in [0.25, 0.3) is 5.56 Å². The second-order valence-electron chi connectivity index (χ2n) is 6.44. The van der Waals surface area contributed by atoms with E-state index in [1.165, 1.54) is 4.68 Å². The van der Waals surface area contributed by atoms with Gasteiger partial charge in [0.05, 0.1) is 17.5 Å². The summed E-state index contributed by atoms with van der Waals surface area (Å²) in [4.78, 5) is 16.2. The van der Waals surface area contributed by atoms with Crippen molar-refractivity contribution in [1.29, 1.82) is 0 Å². The maximum Gasteiger partial charge on any atom is 0.268 e. The number of hydrogen-bond donors (Lipinski definition) is 2. The van der Waals surface area contributed by atoms with E-state index in [0.29, 0.717) is 6.54 Å². The molecule has 1 aromatic rings. The lowest BCUT2D eigenvalue weighted by atomic mass is 9.93. The Morgan fingerprint density at radius 1 is 1.29 bits per heavy atom. The number of halogens is 2. The van der Waals surface area contributed by atoms with E-state index in [4.69, 9.17) is 0 Å². The molecule has 1 unspecified atom stereocenters. The summed E-state index contributed by atoms with van der Waals surface area (Å²) < 4.78 is 1.34. The van der Waals surface area contributed by atoms with Gasteiger partial charge in [0, 0.05) is 52.4 Å². The van der Waals surface area contributed by atoms with Crippen LogP contribution in [0.3, 0.4) is 0 Å². The third-order valence-electron chi connectivity index (χ3n) is 4.66. The van der Waals surface area contributed by atoms with E-state index in [1.807, 2.05) is 0 Å². The van der Waals surface area contributed by atoms with Gasteiger partial charge in [-0.1, -0.05) is 0 Å². The number of nitrogens with one attached hydrogen (secondary N) is 1. The summed E-state index contributed by atoms with van der Waals surface area (Å²) >= 11 is 0. The van der Waals surface area contributed by atoms with Gasteiger partial charge in [0.15, 0.2) is 0 Å². The van der Waals surface area contributed by atoms with Gasteiger partial charge >= 0.3 is 0 Å². The van der Waals surface area contributed by atoms with Crippen molar-refractivity contribution in [3.8, 4) is 0 Å². The number of piperazine rings is 1. The van der Waals surface area contributed by atoms with Gasteiger partial charge in [0.1, 0.15) is 0 Å². The zero-order valence-electron chi connectivity index (χ0n) is 14.0. The van der Waals surface area contributed by atoms with Crippen LogP contribution < -0.4 is 15.8 Å². The van der Waals surface area contributed by atoms with Gasteiger partial charge in [0.2, 0.25) is 0 Å². The molecule has 7 nitrogen and oxygen atoms in total. The van der Waals surface area contributed by atoms with E-state index in [-0.39, 0.29) is 30.4 Å². The summed E-state index contributed by atoms with van der Waals surface area (Å²) in [7, 11) is 1.66. The van der Waals surface area contributed by atoms with Crippen LogP contribution >= 0.6 is 24.8 Å². The maximum atomic E-state index is 11.7. The predicted octanol–water partition coefficient (Wildman–Crippen LogP) is -0.140. The molecular formula is C15H27Cl2N5O2. The van der Waals surface area contributed by atoms with E-state index < -0.39 is 5.60 Å². The van der Waals surface area contributed by atoms with E-state index in [1.54, 1.807) is 19.3 Å². The molecule has 0 saturated carbocycles. The molecule has 2 aliphatic rings. The molecule has 0 spiro atoms. The second-order valence-corrected chi connectivity index (χ2v) is 6.44. The molecule has 3 rings (SSSR count). The fourth-order valence-electron chi connectivity index (χ4n) is 3.30. The van der Waals surface area contributed by atoms with Crippen LogP contribution in [-0.2, 0) is 7.05 Å². The number of aromatic nitrogens is 2. The zero-order valence-corrected chi connectivity index (χ0v) is 15.6. The van der Waals surface area contributed by atoms with E-state index in [2.05, 4.69) is 20.2 Å². The number of anilines is 1. The lowest BCUT2D eigenvalue weighted by molar-refractivity contribution is -0.0164. The topological polar surface area (TPSA) is 73.6 Å². The Hall–Kier alpha value is -0.860. The van der Waals surface area contributed by atoms with E-state index in [0.717, 1.165) is 57.8 Å². The van der Waals surface area contributed by atoms with Crippen molar-refractivity contribution < 1.29 is 5.11 Å². The maximum absolute atomic E-state index is 11.7. The smallest absolute Gasteiger partial charge is 0.268 e. The first-order valence-corrected chi connectivity index (χ1v) is 8.00. The van der Waals surface area contributed by atoms with Gasteiger partial charge in [-0.3, -0.25) is 9.69 Å². The number of nitrogens with zero attached hydrogens (tertiary/aromatic N) is 4. The van der Waals surface area contributed by atoms with Gasteiger partial charge < -0.3 is 15.3 Å². The molecule has 0 aliphatic carbocycles. The minimum Gasteiger partial charge on any atom is -0.387 e. The van der Waals surface area contributed by atoms with Gasteiger partial charge in [-0.05, 0) is 19.4 Å². The molecule has 0 aromatic carbocycles. The van der Waals surface area contributed by atoms with Gasteiger partial charge in [-0.15, -0.1) is 24.8 Å². The van der Waals surface area contributed by atoms with Crippen LogP contribution in [-0.4, -0.2) is 71.2 Å². The molecule has 1 atom stereocenters. The molecule has 0 bridgehead atoms. The van der Waals surface area contributed by atoms with Crippen molar-refractivity contribution in [2.75, 3.05) is 50.7 Å². The normalized spacial score (nSPS) is 24.8. The average Bonchev–Trinajstić information content (AvgIpc) is 2.51. The fraction of sp³-hybridized carbons (Fsp3) is 0.733. The van der Waals surface area contributed by atoms with Crippen molar-refractivity contribution in [3.63, 3.8) is 0 Å². The summed E-state index contributed by atoms with van der Waals surface area (Å²) in [5.41, 5.74) is 0.216. The summed E-state index contributed by atoms with van der Waals surface area (Å²) in [6.45, 7) is 5.94. The minimum atomic E-state index is -0.593. The van der Waals surface area contributed by atoms with Crippen LogP contribution in [0.4, 0.5) is 5.69 Å². The predicted molar refractivity (Wildman–Crippen MR) is 99.7 cm³/mol. The number of hydrogen-bond acceptors (Lipinski definition) is 6. The largest absolute Gasteiger partial charge is 0.387 e. The van der Waals surface area contributed by atoms with Crippen molar-refractivity contribution >= 4 is 30.5 Å². The van der Waals surface area contributed by atoms with Gasteiger partial charge in [-0.2, -0.15) is 5.10 Å². The fourth-order valence-corrected chi connectivity index (χ4v) is 3.30. The van der Waals surface area contributed by atoms with E-state index in [9.17, 15) is 9.90 Å². The average molecular weight is 380 g/mol. The highest BCUT2D eigenvalue weighted by molar-refractivity contribution is 5.85. The number of aryl methyl sites for hydroxylation is 1. The van der Waals surface area contributed by atoms with Crippen LogP contribution in [0.5, 0.6) is 0 Å². The standard InChI is InChI=1S/C15H25N5O2.2ClH/c1-18-14(21)9-13(10-17-18)20-7-5-19(6-8-20)12-15(22)3-2-4-16-11-15;;/h9-10,16,22H,2-8,11-12H2,1H3;2*1H. The molecule has 2 N–H and O–H groups in total. The Bertz CT molecular complexity index is 569. The molecule has 2 aliphatic heterocycles. The Balaban J connectivity index is 0.00000144. The van der Waals surface area contributed by atoms with Gasteiger partial charge in [-0.25, -0.2) is 4.68 Å². The molecule has 2 saturated heterocycles. The summed E-state index contributed by atoms with van der Waals surface area (Å²) in [6, 6.07) is 1.64. The summed E-state index contributed by atoms with van der Waals surface area (Å²) in [6.07, 6.45) is 3.66. The Kier molecular flexibility index (Phi) is 7.95. The third-order valence-corrected chi connectivity index (χ3v) is 4.66. The number of β-amino-alcohol motifs (C(OH)–C–C–N with tert-alkyl or cyclic N) is 1. The molecule has 1 aromatic heterocycles. The SMILES string of the molecule is Cl.Cl.Cn1ncc(N2CCN(CC3(O)CCCNC3)CC2)cc1=O. The first kappa shape index (κ1) is 21.2. The van der Waals surface area contributed by atoms with Crippen molar-refractivity contribution in [3.05, 3.63) is 22.6 Å². The number of aliphatic hydroxyl groups is 1. The monoisotopic (exact) mass is 379 g/mol. The Morgan fingerprint density at radius 2 is 2.00 bits per heavy atom. The Labute approximate surface area is 154 Å². The number of piperidine rings is 1. The van der Waals surface area contributed by atoms with Crippen LogP contribution in [0.2, 0.25) is 0 Å². The summed E-state index contributed by atoms with van der Waals surface area (Å²) in [5, 5.41) is 18.0. The molecule has 2 fully saturated rings. The van der Waals surface area contributed by atoms with Crippen molar-refractivity contribution in [2.24, 2.45) is 7.05 Å². The van der Waals surface area contributed by atoms with Crippen LogP contribution in [0.15, 0.2) is 17.1 Å². The molecule has 3 heterocycles. The zero-order chi connectivity index (χ0) is 15.6. The quantitative estimate of drug-likeness (QED) is 0.761. The van der Waals surface area contributed by atoms with Crippen molar-refractivity contribution in [2.45, 2.75) is 18.4 Å². The molecule has 138 valence electrons. The highest BCUT2D eigenvalue weighted by Crippen LogP contribution is 2.19. The highest BCUT2D eigenvalue weighted by Gasteiger charge is 2.32. The molecule has 0 amide bonds. The third kappa shape index (κ3) is 5.07. The first-order valence-electron chi connectivity index (χ1n) is 8.00. The molecule has 0 radical (unpaired) electrons. The van der Waals surface area contributed by atoms with Crippen LogP contribution in [0.25, 0.3) is 0 Å². The highest BCUT2D eigenvalue weighted by atomic mass is 35.5. The van der Waals surface area contributed by atoms with E-state index >= 15 is 0 Å². The minimum absolute atomic E-state index is 0. The van der Waals surface area contributed by atoms with Crippen LogP contribution in [0.1, 0.15) is 12.8 Å². The first-order chi connectivity index (χ1) is 10.6. The molecular weight excluding hydrogens is 353 g/mol. The lowest BCUT2D eigenvalue weighted by Crippen LogP contribution is -2.56. The molecule has 24 heavy (non-hydrogen) atoms. The lowest BCUT2D eigenvalue weighted by Gasteiger charge is -2.41. The summed E-state index contributed by atoms with van der Waals surface area (Å²) in [5.74, 6) is 0. The number of rotatable bonds is 3. The second kappa shape index (κ2) is 9.01.